The number of nitrogens with zero attached hydrogens (tertiary/aromatic N) is 4. The van der Waals surface area contributed by atoms with E-state index >= 15 is 0 Å². The molecule has 178 valence electrons. The van der Waals surface area contributed by atoms with Gasteiger partial charge in [-0.25, -0.2) is 4.39 Å². The first-order valence-corrected chi connectivity index (χ1v) is 11.4. The van der Waals surface area contributed by atoms with Crippen molar-refractivity contribution in [2.45, 2.75) is 17.5 Å². The zero-order chi connectivity index (χ0) is 24.8. The molecule has 0 bridgehead atoms. The Morgan fingerprint density at radius 1 is 1.11 bits per heavy atom. The Kier molecular flexibility index (Phi) is 7.36. The number of nitro benzene ring substituents is 1. The maximum Gasteiger partial charge on any atom is 0.269 e. The van der Waals surface area contributed by atoms with E-state index < -0.39 is 10.7 Å². The second-order valence-electron chi connectivity index (χ2n) is 7.34. The number of methoxy groups -OCH3 is 1. The van der Waals surface area contributed by atoms with E-state index in [1.165, 1.54) is 36.0 Å². The molecule has 3 aromatic carbocycles. The maximum absolute atomic E-state index is 14.0. The zero-order valence-electron chi connectivity index (χ0n) is 18.6. The number of non-ortho nitro benzene ring substituents is 1. The Hall–Kier alpha value is -4.25. The lowest BCUT2D eigenvalue weighted by atomic mass is 10.2. The highest BCUT2D eigenvalue weighted by atomic mass is 32.2. The third-order valence-corrected chi connectivity index (χ3v) is 6.04. The molecule has 0 aliphatic carbocycles. The summed E-state index contributed by atoms with van der Waals surface area (Å²) in [4.78, 5) is 23.0. The molecular weight excluding hydrogens is 473 g/mol. The summed E-state index contributed by atoms with van der Waals surface area (Å²) in [5.74, 6) is 0.798. The van der Waals surface area contributed by atoms with E-state index in [9.17, 15) is 19.3 Å². The normalized spacial score (nSPS) is 10.7. The van der Waals surface area contributed by atoms with Crippen LogP contribution >= 0.6 is 11.8 Å². The maximum atomic E-state index is 14.0. The summed E-state index contributed by atoms with van der Waals surface area (Å²) in [6.07, 6.45) is 0. The van der Waals surface area contributed by atoms with Crippen molar-refractivity contribution in [2.24, 2.45) is 0 Å². The Labute approximate surface area is 204 Å². The number of benzene rings is 3. The number of carbonyl (C=O) groups excluding carboxylic acids is 1. The fourth-order valence-electron chi connectivity index (χ4n) is 3.25. The van der Waals surface area contributed by atoms with Gasteiger partial charge in [0.15, 0.2) is 11.0 Å². The lowest BCUT2D eigenvalue weighted by molar-refractivity contribution is -0.384. The molecule has 0 saturated carbocycles. The van der Waals surface area contributed by atoms with Crippen LogP contribution in [0.25, 0.3) is 5.69 Å². The van der Waals surface area contributed by atoms with Crippen LogP contribution in [0.1, 0.15) is 21.7 Å². The van der Waals surface area contributed by atoms with Gasteiger partial charge in [0.25, 0.3) is 11.6 Å². The molecule has 0 saturated heterocycles. The van der Waals surface area contributed by atoms with Crippen LogP contribution in [0.15, 0.2) is 78.0 Å². The summed E-state index contributed by atoms with van der Waals surface area (Å²) in [6.45, 7) is 0.0620. The summed E-state index contributed by atoms with van der Waals surface area (Å²) in [5, 5.41) is 22.6. The van der Waals surface area contributed by atoms with Crippen LogP contribution < -0.4 is 10.1 Å². The number of amides is 1. The van der Waals surface area contributed by atoms with Crippen LogP contribution in [0.3, 0.4) is 0 Å². The van der Waals surface area contributed by atoms with Gasteiger partial charge in [-0.2, -0.15) is 0 Å². The summed E-state index contributed by atoms with van der Waals surface area (Å²) in [6, 6.07) is 18.9. The minimum atomic E-state index is -0.454. The second kappa shape index (κ2) is 10.8. The molecule has 1 N–H and O–H groups in total. The van der Waals surface area contributed by atoms with Gasteiger partial charge in [0.2, 0.25) is 0 Å². The Morgan fingerprint density at radius 3 is 2.51 bits per heavy atom. The first kappa shape index (κ1) is 23.9. The lowest BCUT2D eigenvalue weighted by Gasteiger charge is -2.11. The molecule has 1 heterocycles. The SMILES string of the molecule is COc1ccc(C(=O)NCc2nnc(SCc3ccc([N+](=O)[O-])cc3)n2-c2cccc(F)c2)cc1. The third-order valence-electron chi connectivity index (χ3n) is 5.04. The highest BCUT2D eigenvalue weighted by Gasteiger charge is 2.17. The average Bonchev–Trinajstić information content (AvgIpc) is 3.29. The van der Waals surface area contributed by atoms with Gasteiger partial charge >= 0.3 is 0 Å². The number of rotatable bonds is 9. The van der Waals surface area contributed by atoms with E-state index in [4.69, 9.17) is 4.74 Å². The quantitative estimate of drug-likeness (QED) is 0.207. The smallest absolute Gasteiger partial charge is 0.269 e. The second-order valence-corrected chi connectivity index (χ2v) is 8.28. The number of carbonyl (C=O) groups is 1. The summed E-state index contributed by atoms with van der Waals surface area (Å²) >= 11 is 1.34. The number of nitrogens with one attached hydrogen (secondary N) is 1. The van der Waals surface area contributed by atoms with Gasteiger partial charge in [-0.1, -0.05) is 30.0 Å². The van der Waals surface area contributed by atoms with Crippen LogP contribution in [0.5, 0.6) is 5.75 Å². The average molecular weight is 494 g/mol. The summed E-state index contributed by atoms with van der Waals surface area (Å²) < 4.78 is 20.8. The number of nitro groups is 1. The summed E-state index contributed by atoms with van der Waals surface area (Å²) in [5.41, 5.74) is 1.82. The van der Waals surface area contributed by atoms with Gasteiger partial charge in [0.05, 0.1) is 24.3 Å². The monoisotopic (exact) mass is 493 g/mol. The largest absolute Gasteiger partial charge is 0.497 e. The van der Waals surface area contributed by atoms with Crippen molar-refractivity contribution >= 4 is 23.4 Å². The van der Waals surface area contributed by atoms with Crippen molar-refractivity contribution < 1.29 is 18.8 Å². The molecule has 0 radical (unpaired) electrons. The minimum absolute atomic E-state index is 0.0107. The topological polar surface area (TPSA) is 112 Å². The molecule has 1 amide bonds. The van der Waals surface area contributed by atoms with Crippen molar-refractivity contribution in [1.29, 1.82) is 0 Å². The molecule has 0 atom stereocenters. The number of ether oxygens (including phenoxy) is 1. The number of thioether (sulfide) groups is 1. The first-order chi connectivity index (χ1) is 16.9. The van der Waals surface area contributed by atoms with Crippen molar-refractivity contribution in [3.63, 3.8) is 0 Å². The Morgan fingerprint density at radius 2 is 1.86 bits per heavy atom. The van der Waals surface area contributed by atoms with Crippen LogP contribution in [0, 0.1) is 15.9 Å². The van der Waals surface area contributed by atoms with Gasteiger partial charge < -0.3 is 10.1 Å². The van der Waals surface area contributed by atoms with Crippen molar-refractivity contribution in [2.75, 3.05) is 7.11 Å². The predicted molar refractivity (Wildman–Crippen MR) is 128 cm³/mol. The van der Waals surface area contributed by atoms with Crippen molar-refractivity contribution in [3.05, 3.63) is 106 Å². The van der Waals surface area contributed by atoms with Crippen LogP contribution in [-0.4, -0.2) is 32.7 Å². The standard InChI is InChI=1S/C24H20FN5O4S/c1-34-21-11-7-17(8-12-21)23(31)26-14-22-27-28-24(29(22)20-4-2-3-18(25)13-20)35-15-16-5-9-19(10-6-16)30(32)33/h2-13H,14-15H2,1H3,(H,26,31). The molecular formula is C24H20FN5O4S. The van der Waals surface area contributed by atoms with E-state index in [-0.39, 0.29) is 18.1 Å². The molecule has 0 spiro atoms. The van der Waals surface area contributed by atoms with E-state index in [0.717, 1.165) is 5.56 Å². The highest BCUT2D eigenvalue weighted by molar-refractivity contribution is 7.98. The fraction of sp³-hybridized carbons (Fsp3) is 0.125. The number of aromatic nitrogens is 3. The van der Waals surface area contributed by atoms with E-state index in [0.29, 0.717) is 33.7 Å². The van der Waals surface area contributed by atoms with E-state index in [2.05, 4.69) is 15.5 Å². The molecule has 0 aliphatic rings. The van der Waals surface area contributed by atoms with Gasteiger partial charge in [-0.05, 0) is 48.0 Å². The van der Waals surface area contributed by atoms with Crippen molar-refractivity contribution in [1.82, 2.24) is 20.1 Å². The number of halogens is 1. The molecule has 4 rings (SSSR count). The molecule has 0 aliphatic heterocycles. The van der Waals surface area contributed by atoms with Gasteiger partial charge in [-0.15, -0.1) is 10.2 Å². The number of hydrogen-bond donors (Lipinski definition) is 1. The molecule has 4 aromatic rings. The van der Waals surface area contributed by atoms with Gasteiger partial charge in [-0.3, -0.25) is 19.5 Å². The van der Waals surface area contributed by atoms with Crippen LogP contribution in [0.2, 0.25) is 0 Å². The Bertz CT molecular complexity index is 1340. The number of hydrogen-bond acceptors (Lipinski definition) is 7. The van der Waals surface area contributed by atoms with Gasteiger partial charge in [0.1, 0.15) is 11.6 Å². The lowest BCUT2D eigenvalue weighted by Crippen LogP contribution is -2.24. The van der Waals surface area contributed by atoms with Crippen LogP contribution in [0.4, 0.5) is 10.1 Å². The minimum Gasteiger partial charge on any atom is -0.497 e. The highest BCUT2D eigenvalue weighted by Crippen LogP contribution is 2.26. The van der Waals surface area contributed by atoms with Crippen molar-refractivity contribution in [3.8, 4) is 11.4 Å². The molecule has 0 fully saturated rings. The zero-order valence-corrected chi connectivity index (χ0v) is 19.4. The molecule has 9 nitrogen and oxygen atoms in total. The van der Waals surface area contributed by atoms with Crippen LogP contribution in [-0.2, 0) is 12.3 Å². The summed E-state index contributed by atoms with van der Waals surface area (Å²) in [7, 11) is 1.55. The van der Waals surface area contributed by atoms with E-state index in [1.54, 1.807) is 60.2 Å². The fourth-order valence-corrected chi connectivity index (χ4v) is 4.18. The molecule has 35 heavy (non-hydrogen) atoms. The predicted octanol–water partition coefficient (Wildman–Crippen LogP) is 4.55. The van der Waals surface area contributed by atoms with E-state index in [1.807, 2.05) is 0 Å². The first-order valence-electron chi connectivity index (χ1n) is 10.4. The Balaban J connectivity index is 1.54. The van der Waals surface area contributed by atoms with Gasteiger partial charge in [0, 0.05) is 23.4 Å². The molecule has 1 aromatic heterocycles. The third kappa shape index (κ3) is 5.82. The molecule has 0 unspecified atom stereocenters. The molecule has 11 heteroatoms.